The lowest BCUT2D eigenvalue weighted by atomic mass is 9.92. The first-order valence-electron chi connectivity index (χ1n) is 6.98. The Morgan fingerprint density at radius 3 is 1.14 bits per heavy atom. The molecule has 4 nitrogen and oxygen atoms in total. The number of anilines is 4. The van der Waals surface area contributed by atoms with E-state index in [2.05, 4.69) is 0 Å². The molecule has 0 saturated heterocycles. The van der Waals surface area contributed by atoms with Crippen molar-refractivity contribution in [2.75, 3.05) is 22.9 Å². The van der Waals surface area contributed by atoms with Crippen molar-refractivity contribution in [2.45, 2.75) is 0 Å². The predicted molar refractivity (Wildman–Crippen MR) is 95.0 cm³/mol. The minimum absolute atomic E-state index is 0.368. The summed E-state index contributed by atoms with van der Waals surface area (Å²) >= 11 is 0. The second kappa shape index (κ2) is 5.33. The molecule has 8 N–H and O–H groups in total. The van der Waals surface area contributed by atoms with Gasteiger partial charge in [0.2, 0.25) is 0 Å². The standard InChI is InChI=1S/C18H18N4/c19-15-13(11-7-3-1-4-8-11)16(20)18(22)17(21)14(15)12-9-5-2-6-10-12/h1-10H,19-22H2. The summed E-state index contributed by atoms with van der Waals surface area (Å²) in [5.74, 6) is 0. The maximum absolute atomic E-state index is 6.40. The molecule has 0 aliphatic rings. The van der Waals surface area contributed by atoms with Gasteiger partial charge in [0, 0.05) is 11.1 Å². The van der Waals surface area contributed by atoms with Gasteiger partial charge >= 0.3 is 0 Å². The van der Waals surface area contributed by atoms with Gasteiger partial charge in [-0.3, -0.25) is 0 Å². The molecule has 0 spiro atoms. The van der Waals surface area contributed by atoms with E-state index in [1.165, 1.54) is 0 Å². The monoisotopic (exact) mass is 290 g/mol. The van der Waals surface area contributed by atoms with Gasteiger partial charge in [0.25, 0.3) is 0 Å². The Labute approximate surface area is 129 Å². The van der Waals surface area contributed by atoms with Crippen molar-refractivity contribution in [3.63, 3.8) is 0 Å². The summed E-state index contributed by atoms with van der Waals surface area (Å²) in [5.41, 5.74) is 29.9. The average molecular weight is 290 g/mol. The van der Waals surface area contributed by atoms with Gasteiger partial charge in [0.15, 0.2) is 0 Å². The molecule has 0 radical (unpaired) electrons. The van der Waals surface area contributed by atoms with Gasteiger partial charge in [0.1, 0.15) is 0 Å². The Bertz CT molecular complexity index is 745. The van der Waals surface area contributed by atoms with Crippen LogP contribution in [-0.2, 0) is 0 Å². The van der Waals surface area contributed by atoms with Crippen LogP contribution in [0.1, 0.15) is 0 Å². The Kier molecular flexibility index (Phi) is 3.35. The molecule has 0 fully saturated rings. The Morgan fingerprint density at radius 2 is 0.773 bits per heavy atom. The molecule has 0 bridgehead atoms. The lowest BCUT2D eigenvalue weighted by Gasteiger charge is -2.19. The smallest absolute Gasteiger partial charge is 0.0795 e. The van der Waals surface area contributed by atoms with Crippen molar-refractivity contribution in [1.29, 1.82) is 0 Å². The van der Waals surface area contributed by atoms with Gasteiger partial charge < -0.3 is 22.9 Å². The van der Waals surface area contributed by atoms with Crippen molar-refractivity contribution in [2.24, 2.45) is 0 Å². The lowest BCUT2D eigenvalue weighted by molar-refractivity contribution is 1.56. The van der Waals surface area contributed by atoms with E-state index in [1.807, 2.05) is 60.7 Å². The number of nitrogens with two attached hydrogens (primary N) is 4. The summed E-state index contributed by atoms with van der Waals surface area (Å²) in [5, 5.41) is 0. The molecular weight excluding hydrogens is 272 g/mol. The summed E-state index contributed by atoms with van der Waals surface area (Å²) in [7, 11) is 0. The fourth-order valence-corrected chi connectivity index (χ4v) is 2.66. The van der Waals surface area contributed by atoms with Gasteiger partial charge in [-0.15, -0.1) is 0 Å². The van der Waals surface area contributed by atoms with Crippen LogP contribution in [0, 0.1) is 0 Å². The van der Waals surface area contributed by atoms with Crippen LogP contribution in [0.4, 0.5) is 22.7 Å². The SMILES string of the molecule is Nc1c(N)c(-c2ccccc2)c(N)c(-c2ccccc2)c1N. The molecule has 0 saturated carbocycles. The van der Waals surface area contributed by atoms with Crippen molar-refractivity contribution in [3.05, 3.63) is 60.7 Å². The van der Waals surface area contributed by atoms with Gasteiger partial charge in [-0.1, -0.05) is 60.7 Å². The Morgan fingerprint density at radius 1 is 0.409 bits per heavy atom. The molecule has 0 aliphatic heterocycles. The quantitative estimate of drug-likeness (QED) is 0.543. The normalized spacial score (nSPS) is 10.5. The van der Waals surface area contributed by atoms with Crippen LogP contribution >= 0.6 is 0 Å². The number of nitrogen functional groups attached to an aromatic ring is 4. The average Bonchev–Trinajstić information content (AvgIpc) is 2.55. The largest absolute Gasteiger partial charge is 0.398 e. The van der Waals surface area contributed by atoms with Gasteiger partial charge in [-0.25, -0.2) is 0 Å². The predicted octanol–water partition coefficient (Wildman–Crippen LogP) is 3.35. The number of hydrogen-bond acceptors (Lipinski definition) is 4. The number of rotatable bonds is 2. The van der Waals surface area contributed by atoms with Crippen LogP contribution in [-0.4, -0.2) is 0 Å². The van der Waals surface area contributed by atoms with E-state index >= 15 is 0 Å². The van der Waals surface area contributed by atoms with Gasteiger partial charge in [0.05, 0.1) is 22.7 Å². The summed E-state index contributed by atoms with van der Waals surface area (Å²) in [6, 6.07) is 19.4. The second-order valence-electron chi connectivity index (χ2n) is 5.14. The first-order valence-corrected chi connectivity index (χ1v) is 6.98. The molecule has 3 aromatic rings. The zero-order valence-corrected chi connectivity index (χ0v) is 12.1. The first kappa shape index (κ1) is 13.8. The van der Waals surface area contributed by atoms with Gasteiger partial charge in [-0.05, 0) is 11.1 Å². The maximum Gasteiger partial charge on any atom is 0.0795 e. The van der Waals surface area contributed by atoms with Crippen LogP contribution in [0.3, 0.4) is 0 Å². The minimum Gasteiger partial charge on any atom is -0.398 e. The van der Waals surface area contributed by atoms with E-state index in [-0.39, 0.29) is 0 Å². The summed E-state index contributed by atoms with van der Waals surface area (Å²) in [4.78, 5) is 0. The fraction of sp³-hybridized carbons (Fsp3) is 0. The van der Waals surface area contributed by atoms with Crippen molar-refractivity contribution < 1.29 is 0 Å². The van der Waals surface area contributed by atoms with Crippen molar-refractivity contribution in [3.8, 4) is 22.3 Å². The highest BCUT2D eigenvalue weighted by atomic mass is 14.8. The Balaban J connectivity index is 2.36. The first-order chi connectivity index (χ1) is 10.6. The molecule has 4 heteroatoms. The molecule has 0 amide bonds. The van der Waals surface area contributed by atoms with Crippen LogP contribution in [0.2, 0.25) is 0 Å². The maximum atomic E-state index is 6.40. The third-order valence-corrected chi connectivity index (χ3v) is 3.78. The number of benzene rings is 3. The number of hydrogen-bond donors (Lipinski definition) is 4. The lowest BCUT2D eigenvalue weighted by Crippen LogP contribution is -2.08. The minimum atomic E-state index is 0.368. The van der Waals surface area contributed by atoms with E-state index in [0.717, 1.165) is 22.3 Å². The zero-order chi connectivity index (χ0) is 15.7. The topological polar surface area (TPSA) is 104 Å². The van der Waals surface area contributed by atoms with Crippen LogP contribution < -0.4 is 22.9 Å². The summed E-state index contributed by atoms with van der Waals surface area (Å²) in [6.45, 7) is 0. The highest BCUT2D eigenvalue weighted by Crippen LogP contribution is 2.46. The summed E-state index contributed by atoms with van der Waals surface area (Å²) < 4.78 is 0. The highest BCUT2D eigenvalue weighted by Gasteiger charge is 2.19. The molecule has 0 unspecified atom stereocenters. The molecule has 0 atom stereocenters. The van der Waals surface area contributed by atoms with Crippen LogP contribution in [0.25, 0.3) is 22.3 Å². The molecule has 22 heavy (non-hydrogen) atoms. The molecule has 0 aliphatic carbocycles. The molecule has 110 valence electrons. The third-order valence-electron chi connectivity index (χ3n) is 3.78. The van der Waals surface area contributed by atoms with Crippen molar-refractivity contribution in [1.82, 2.24) is 0 Å². The second-order valence-corrected chi connectivity index (χ2v) is 5.14. The molecule has 0 heterocycles. The fourth-order valence-electron chi connectivity index (χ4n) is 2.66. The molecular formula is C18H18N4. The van der Waals surface area contributed by atoms with E-state index in [0.29, 0.717) is 22.7 Å². The van der Waals surface area contributed by atoms with E-state index in [1.54, 1.807) is 0 Å². The van der Waals surface area contributed by atoms with Crippen LogP contribution in [0.5, 0.6) is 0 Å². The zero-order valence-electron chi connectivity index (χ0n) is 12.1. The van der Waals surface area contributed by atoms with Crippen LogP contribution in [0.15, 0.2) is 60.7 Å². The Hall–Kier alpha value is -3.14. The summed E-state index contributed by atoms with van der Waals surface area (Å²) in [6.07, 6.45) is 0. The van der Waals surface area contributed by atoms with E-state index < -0.39 is 0 Å². The molecule has 3 aromatic carbocycles. The molecule has 3 rings (SSSR count). The molecule has 0 aromatic heterocycles. The van der Waals surface area contributed by atoms with Crippen molar-refractivity contribution >= 4 is 22.7 Å². The third kappa shape index (κ3) is 2.11. The van der Waals surface area contributed by atoms with Gasteiger partial charge in [-0.2, -0.15) is 0 Å². The van der Waals surface area contributed by atoms with E-state index in [4.69, 9.17) is 22.9 Å². The highest BCUT2D eigenvalue weighted by molar-refractivity contribution is 6.07. The van der Waals surface area contributed by atoms with E-state index in [9.17, 15) is 0 Å².